The number of rotatable bonds is 6. The van der Waals surface area contributed by atoms with Crippen LogP contribution in [0, 0.1) is 0 Å². The second kappa shape index (κ2) is 8.15. The van der Waals surface area contributed by atoms with Crippen molar-refractivity contribution in [2.45, 2.75) is 32.2 Å². The van der Waals surface area contributed by atoms with Gasteiger partial charge in [0.15, 0.2) is 0 Å². The molecule has 0 aromatic heterocycles. The van der Waals surface area contributed by atoms with E-state index in [-0.39, 0.29) is 12.0 Å². The van der Waals surface area contributed by atoms with Gasteiger partial charge in [-0.15, -0.1) is 0 Å². The van der Waals surface area contributed by atoms with Crippen LogP contribution < -0.4 is 5.32 Å². The van der Waals surface area contributed by atoms with Crippen LogP contribution in [0.3, 0.4) is 0 Å². The molecule has 0 bridgehead atoms. The molecule has 4 heteroatoms. The number of methoxy groups -OCH3 is 1. The third kappa shape index (κ3) is 4.55. The van der Waals surface area contributed by atoms with Crippen LogP contribution in [-0.4, -0.2) is 50.2 Å². The fraction of sp³-hybridized carbons (Fsp3) is 0.588. The van der Waals surface area contributed by atoms with Crippen LogP contribution in [0.15, 0.2) is 24.3 Å². The summed E-state index contributed by atoms with van der Waals surface area (Å²) in [5.74, 6) is -0.162. The predicted molar refractivity (Wildman–Crippen MR) is 84.4 cm³/mol. The van der Waals surface area contributed by atoms with Gasteiger partial charge in [-0.2, -0.15) is 0 Å². The quantitative estimate of drug-likeness (QED) is 0.809. The summed E-state index contributed by atoms with van der Waals surface area (Å²) >= 11 is 0. The SMILES string of the molecule is CCCNC(CN1CCc2ccccc2CC1)C(=O)OC. The maximum atomic E-state index is 11.9. The zero-order chi connectivity index (χ0) is 15.1. The number of fused-ring (bicyclic) bond motifs is 1. The molecule has 1 aliphatic heterocycles. The third-order valence-corrected chi connectivity index (χ3v) is 4.08. The zero-order valence-electron chi connectivity index (χ0n) is 13.1. The van der Waals surface area contributed by atoms with E-state index >= 15 is 0 Å². The highest BCUT2D eigenvalue weighted by atomic mass is 16.5. The largest absolute Gasteiger partial charge is 0.468 e. The fourth-order valence-electron chi connectivity index (χ4n) is 2.84. The number of benzene rings is 1. The minimum atomic E-state index is -0.226. The Morgan fingerprint density at radius 2 is 1.90 bits per heavy atom. The lowest BCUT2D eigenvalue weighted by Crippen LogP contribution is -2.47. The summed E-state index contributed by atoms with van der Waals surface area (Å²) < 4.78 is 4.92. The third-order valence-electron chi connectivity index (χ3n) is 4.08. The standard InChI is InChI=1S/C17H26N2O2/c1-3-10-18-16(17(20)21-2)13-19-11-8-14-6-4-5-7-15(14)9-12-19/h4-7,16,18H,3,8-13H2,1-2H3. The van der Waals surface area contributed by atoms with Crippen LogP contribution in [0.2, 0.25) is 0 Å². The molecule has 0 amide bonds. The molecule has 1 aromatic rings. The highest BCUT2D eigenvalue weighted by Crippen LogP contribution is 2.15. The molecular weight excluding hydrogens is 264 g/mol. The van der Waals surface area contributed by atoms with Gasteiger partial charge in [-0.25, -0.2) is 0 Å². The lowest BCUT2D eigenvalue weighted by atomic mass is 10.0. The van der Waals surface area contributed by atoms with Gasteiger partial charge in [0.2, 0.25) is 0 Å². The van der Waals surface area contributed by atoms with Crippen molar-refractivity contribution in [1.29, 1.82) is 0 Å². The van der Waals surface area contributed by atoms with Gasteiger partial charge >= 0.3 is 5.97 Å². The summed E-state index contributed by atoms with van der Waals surface area (Å²) in [6.45, 7) is 5.66. The van der Waals surface area contributed by atoms with E-state index in [1.165, 1.54) is 18.2 Å². The molecule has 116 valence electrons. The van der Waals surface area contributed by atoms with Crippen LogP contribution in [0.4, 0.5) is 0 Å². The van der Waals surface area contributed by atoms with Crippen molar-refractivity contribution < 1.29 is 9.53 Å². The molecular formula is C17H26N2O2. The average Bonchev–Trinajstić information content (AvgIpc) is 2.73. The first-order valence-electron chi connectivity index (χ1n) is 7.85. The Morgan fingerprint density at radius 3 is 2.43 bits per heavy atom. The Morgan fingerprint density at radius 1 is 1.29 bits per heavy atom. The van der Waals surface area contributed by atoms with Crippen molar-refractivity contribution >= 4 is 5.97 Å². The number of nitrogens with zero attached hydrogens (tertiary/aromatic N) is 1. The Labute approximate surface area is 127 Å². The van der Waals surface area contributed by atoms with E-state index in [1.54, 1.807) is 0 Å². The van der Waals surface area contributed by atoms with Crippen molar-refractivity contribution in [3.8, 4) is 0 Å². The van der Waals surface area contributed by atoms with Crippen LogP contribution in [-0.2, 0) is 22.4 Å². The molecule has 1 aromatic carbocycles. The normalized spacial score (nSPS) is 16.9. The van der Waals surface area contributed by atoms with E-state index < -0.39 is 0 Å². The molecule has 0 fully saturated rings. The van der Waals surface area contributed by atoms with Gasteiger partial charge in [-0.05, 0) is 36.9 Å². The highest BCUT2D eigenvalue weighted by molar-refractivity contribution is 5.75. The molecule has 21 heavy (non-hydrogen) atoms. The first-order valence-corrected chi connectivity index (χ1v) is 7.85. The first kappa shape index (κ1) is 16.0. The van der Waals surface area contributed by atoms with Crippen molar-refractivity contribution in [2.24, 2.45) is 0 Å². The molecule has 1 atom stereocenters. The smallest absolute Gasteiger partial charge is 0.324 e. The second-order valence-corrected chi connectivity index (χ2v) is 5.60. The molecule has 0 saturated carbocycles. The molecule has 1 N–H and O–H groups in total. The maximum Gasteiger partial charge on any atom is 0.324 e. The molecule has 0 saturated heterocycles. The topological polar surface area (TPSA) is 41.6 Å². The van der Waals surface area contributed by atoms with E-state index in [0.29, 0.717) is 0 Å². The number of nitrogens with one attached hydrogen (secondary N) is 1. The minimum Gasteiger partial charge on any atom is -0.468 e. The van der Waals surface area contributed by atoms with Crippen LogP contribution in [0.1, 0.15) is 24.5 Å². The van der Waals surface area contributed by atoms with Crippen LogP contribution in [0.25, 0.3) is 0 Å². The monoisotopic (exact) mass is 290 g/mol. The van der Waals surface area contributed by atoms with E-state index in [0.717, 1.165) is 45.4 Å². The molecule has 0 radical (unpaired) electrons. The first-order chi connectivity index (χ1) is 10.2. The maximum absolute atomic E-state index is 11.9. The van der Waals surface area contributed by atoms with Crippen LogP contribution >= 0.6 is 0 Å². The molecule has 0 spiro atoms. The number of carbonyl (C=O) groups is 1. The average molecular weight is 290 g/mol. The number of esters is 1. The summed E-state index contributed by atoms with van der Waals surface area (Å²) in [6, 6.07) is 8.41. The molecule has 1 heterocycles. The van der Waals surface area contributed by atoms with E-state index in [2.05, 4.69) is 41.4 Å². The summed E-state index contributed by atoms with van der Waals surface area (Å²) in [5.41, 5.74) is 2.88. The van der Waals surface area contributed by atoms with Crippen molar-refractivity contribution in [2.75, 3.05) is 33.3 Å². The molecule has 1 aliphatic rings. The summed E-state index contributed by atoms with van der Waals surface area (Å²) in [5, 5.41) is 3.29. The summed E-state index contributed by atoms with van der Waals surface area (Å²) in [7, 11) is 1.46. The molecule has 1 unspecified atom stereocenters. The Bertz CT molecular complexity index is 435. The molecule has 0 aliphatic carbocycles. The lowest BCUT2D eigenvalue weighted by molar-refractivity contribution is -0.143. The van der Waals surface area contributed by atoms with Gasteiger partial charge in [0.1, 0.15) is 6.04 Å². The van der Waals surface area contributed by atoms with Gasteiger partial charge in [-0.3, -0.25) is 4.79 Å². The van der Waals surface area contributed by atoms with Crippen LogP contribution in [0.5, 0.6) is 0 Å². The number of carbonyl (C=O) groups excluding carboxylic acids is 1. The fourth-order valence-corrected chi connectivity index (χ4v) is 2.84. The zero-order valence-corrected chi connectivity index (χ0v) is 13.1. The lowest BCUT2D eigenvalue weighted by Gasteiger charge is -2.25. The number of ether oxygens (including phenoxy) is 1. The Balaban J connectivity index is 1.94. The second-order valence-electron chi connectivity index (χ2n) is 5.60. The van der Waals surface area contributed by atoms with E-state index in [9.17, 15) is 4.79 Å². The number of hydrogen-bond donors (Lipinski definition) is 1. The molecule has 2 rings (SSSR count). The number of hydrogen-bond acceptors (Lipinski definition) is 4. The Kier molecular flexibility index (Phi) is 6.21. The molecule has 4 nitrogen and oxygen atoms in total. The van der Waals surface area contributed by atoms with Gasteiger partial charge in [0, 0.05) is 19.6 Å². The minimum absolute atomic E-state index is 0.162. The van der Waals surface area contributed by atoms with Gasteiger partial charge in [0.25, 0.3) is 0 Å². The van der Waals surface area contributed by atoms with Gasteiger partial charge in [-0.1, -0.05) is 31.2 Å². The Hall–Kier alpha value is -1.39. The van der Waals surface area contributed by atoms with Crippen molar-refractivity contribution in [1.82, 2.24) is 10.2 Å². The highest BCUT2D eigenvalue weighted by Gasteiger charge is 2.23. The predicted octanol–water partition coefficient (Wildman–Crippen LogP) is 1.63. The van der Waals surface area contributed by atoms with Crippen molar-refractivity contribution in [3.63, 3.8) is 0 Å². The van der Waals surface area contributed by atoms with Gasteiger partial charge in [0.05, 0.1) is 7.11 Å². The van der Waals surface area contributed by atoms with E-state index in [4.69, 9.17) is 4.74 Å². The van der Waals surface area contributed by atoms with Crippen molar-refractivity contribution in [3.05, 3.63) is 35.4 Å². The summed E-state index contributed by atoms with van der Waals surface area (Å²) in [4.78, 5) is 14.2. The van der Waals surface area contributed by atoms with E-state index in [1.807, 2.05) is 0 Å². The summed E-state index contributed by atoms with van der Waals surface area (Å²) in [6.07, 6.45) is 3.12. The van der Waals surface area contributed by atoms with Gasteiger partial charge < -0.3 is 15.0 Å².